The van der Waals surface area contributed by atoms with Gasteiger partial charge in [-0.25, -0.2) is 9.07 Å². The SMILES string of the molecule is Cc1ccccc1-n1nc(C(=O)N(C)Cc2ccccc2F)c2c1CCC2. The maximum Gasteiger partial charge on any atom is 0.274 e. The minimum Gasteiger partial charge on any atom is -0.336 e. The average Bonchev–Trinajstić information content (AvgIpc) is 3.26. The lowest BCUT2D eigenvalue weighted by molar-refractivity contribution is 0.0776. The van der Waals surface area contributed by atoms with E-state index in [1.54, 1.807) is 30.1 Å². The van der Waals surface area contributed by atoms with Crippen molar-refractivity contribution < 1.29 is 9.18 Å². The van der Waals surface area contributed by atoms with E-state index < -0.39 is 0 Å². The second kappa shape index (κ2) is 6.99. The van der Waals surface area contributed by atoms with Crippen molar-refractivity contribution in [3.63, 3.8) is 0 Å². The number of amides is 1. The number of carbonyl (C=O) groups excluding carboxylic acids is 1. The van der Waals surface area contributed by atoms with Crippen LogP contribution in [-0.2, 0) is 19.4 Å². The fourth-order valence-electron chi connectivity index (χ4n) is 3.74. The number of para-hydroxylation sites is 1. The molecule has 4 rings (SSSR count). The monoisotopic (exact) mass is 363 g/mol. The molecule has 138 valence electrons. The zero-order chi connectivity index (χ0) is 19.0. The molecule has 0 atom stereocenters. The Morgan fingerprint density at radius 1 is 1.15 bits per heavy atom. The summed E-state index contributed by atoms with van der Waals surface area (Å²) in [6.07, 6.45) is 2.80. The summed E-state index contributed by atoms with van der Waals surface area (Å²) in [7, 11) is 1.70. The predicted molar refractivity (Wildman–Crippen MR) is 103 cm³/mol. The highest BCUT2D eigenvalue weighted by Gasteiger charge is 2.29. The highest BCUT2D eigenvalue weighted by atomic mass is 19.1. The normalized spacial score (nSPS) is 12.9. The fourth-order valence-corrected chi connectivity index (χ4v) is 3.74. The Kier molecular flexibility index (Phi) is 4.52. The number of fused-ring (bicyclic) bond motifs is 1. The summed E-state index contributed by atoms with van der Waals surface area (Å²) in [6, 6.07) is 14.6. The van der Waals surface area contributed by atoms with Crippen molar-refractivity contribution >= 4 is 5.91 Å². The molecule has 1 heterocycles. The fraction of sp³-hybridized carbons (Fsp3) is 0.273. The number of aromatic nitrogens is 2. The third-order valence-corrected chi connectivity index (χ3v) is 5.19. The van der Waals surface area contributed by atoms with Gasteiger partial charge in [-0.15, -0.1) is 0 Å². The van der Waals surface area contributed by atoms with E-state index in [0.717, 1.165) is 41.8 Å². The number of hydrogen-bond donors (Lipinski definition) is 0. The second-order valence-electron chi connectivity index (χ2n) is 7.08. The quantitative estimate of drug-likeness (QED) is 0.700. The molecular weight excluding hydrogens is 341 g/mol. The van der Waals surface area contributed by atoms with Crippen LogP contribution >= 0.6 is 0 Å². The van der Waals surface area contributed by atoms with Gasteiger partial charge in [0.1, 0.15) is 5.82 Å². The Labute approximate surface area is 158 Å². The largest absolute Gasteiger partial charge is 0.336 e. The molecule has 0 bridgehead atoms. The molecular formula is C22H22FN3O. The van der Waals surface area contributed by atoms with E-state index >= 15 is 0 Å². The molecule has 0 N–H and O–H groups in total. The van der Waals surface area contributed by atoms with Gasteiger partial charge in [0.15, 0.2) is 5.69 Å². The number of benzene rings is 2. The van der Waals surface area contributed by atoms with Gasteiger partial charge < -0.3 is 4.90 Å². The lowest BCUT2D eigenvalue weighted by Crippen LogP contribution is -2.28. The first-order valence-corrected chi connectivity index (χ1v) is 9.22. The molecule has 4 nitrogen and oxygen atoms in total. The summed E-state index contributed by atoms with van der Waals surface area (Å²) in [5, 5.41) is 4.68. The Balaban J connectivity index is 1.68. The molecule has 2 aromatic carbocycles. The Morgan fingerprint density at radius 2 is 1.89 bits per heavy atom. The van der Waals surface area contributed by atoms with E-state index in [1.165, 1.54) is 6.07 Å². The van der Waals surface area contributed by atoms with Gasteiger partial charge in [0.05, 0.1) is 5.69 Å². The molecule has 0 aliphatic heterocycles. The van der Waals surface area contributed by atoms with Crippen molar-refractivity contribution in [1.29, 1.82) is 0 Å². The molecule has 0 fully saturated rings. The summed E-state index contributed by atoms with van der Waals surface area (Å²) in [5.74, 6) is -0.462. The maximum atomic E-state index is 13.9. The third kappa shape index (κ3) is 3.14. The molecule has 5 heteroatoms. The van der Waals surface area contributed by atoms with Gasteiger partial charge >= 0.3 is 0 Å². The van der Waals surface area contributed by atoms with Crippen LogP contribution < -0.4 is 0 Å². The van der Waals surface area contributed by atoms with E-state index in [-0.39, 0.29) is 18.3 Å². The Hall–Kier alpha value is -2.95. The molecule has 0 saturated heterocycles. The van der Waals surface area contributed by atoms with Crippen LogP contribution in [0.15, 0.2) is 48.5 Å². The van der Waals surface area contributed by atoms with Crippen LogP contribution in [0, 0.1) is 12.7 Å². The average molecular weight is 363 g/mol. The van der Waals surface area contributed by atoms with Crippen LogP contribution in [0.2, 0.25) is 0 Å². The zero-order valence-electron chi connectivity index (χ0n) is 15.6. The van der Waals surface area contributed by atoms with Gasteiger partial charge in [0.25, 0.3) is 5.91 Å². The molecule has 0 radical (unpaired) electrons. The first-order chi connectivity index (χ1) is 13.1. The highest BCUT2D eigenvalue weighted by Crippen LogP contribution is 2.29. The molecule has 3 aromatic rings. The van der Waals surface area contributed by atoms with Gasteiger partial charge in [0.2, 0.25) is 0 Å². The standard InChI is InChI=1S/C22H22FN3O/c1-15-8-3-6-12-19(15)26-20-13-7-10-17(20)21(24-26)22(27)25(2)14-16-9-4-5-11-18(16)23/h3-6,8-9,11-12H,7,10,13-14H2,1-2H3. The molecule has 1 aliphatic rings. The van der Waals surface area contributed by atoms with Crippen LogP contribution in [-0.4, -0.2) is 27.6 Å². The molecule has 0 unspecified atom stereocenters. The van der Waals surface area contributed by atoms with Crippen molar-refractivity contribution in [2.45, 2.75) is 32.7 Å². The summed E-state index contributed by atoms with van der Waals surface area (Å²) >= 11 is 0. The number of rotatable bonds is 4. The number of hydrogen-bond acceptors (Lipinski definition) is 2. The molecule has 0 spiro atoms. The van der Waals surface area contributed by atoms with E-state index in [0.29, 0.717) is 11.3 Å². The van der Waals surface area contributed by atoms with Gasteiger partial charge in [-0.1, -0.05) is 36.4 Å². The number of carbonyl (C=O) groups is 1. The van der Waals surface area contributed by atoms with Gasteiger partial charge in [-0.05, 0) is 43.9 Å². The minimum absolute atomic E-state index is 0.163. The highest BCUT2D eigenvalue weighted by molar-refractivity contribution is 5.94. The first kappa shape index (κ1) is 17.5. The number of halogens is 1. The lowest BCUT2D eigenvalue weighted by atomic mass is 10.1. The van der Waals surface area contributed by atoms with Gasteiger partial charge in [-0.3, -0.25) is 4.79 Å². The van der Waals surface area contributed by atoms with Crippen molar-refractivity contribution in [1.82, 2.24) is 14.7 Å². The minimum atomic E-state index is -0.298. The molecule has 1 amide bonds. The molecule has 1 aliphatic carbocycles. The maximum absolute atomic E-state index is 13.9. The Bertz CT molecular complexity index is 1010. The van der Waals surface area contributed by atoms with Crippen LogP contribution in [0.25, 0.3) is 5.69 Å². The lowest BCUT2D eigenvalue weighted by Gasteiger charge is -2.17. The van der Waals surface area contributed by atoms with E-state index in [9.17, 15) is 9.18 Å². The van der Waals surface area contributed by atoms with Crippen molar-refractivity contribution in [3.8, 4) is 5.69 Å². The van der Waals surface area contributed by atoms with E-state index in [2.05, 4.69) is 5.10 Å². The van der Waals surface area contributed by atoms with Gasteiger partial charge in [-0.2, -0.15) is 5.10 Å². The van der Waals surface area contributed by atoms with Crippen molar-refractivity contribution in [3.05, 3.63) is 82.4 Å². The molecule has 27 heavy (non-hydrogen) atoms. The molecule has 0 saturated carbocycles. The van der Waals surface area contributed by atoms with Crippen LogP contribution in [0.1, 0.15) is 39.3 Å². The van der Waals surface area contributed by atoms with Crippen molar-refractivity contribution in [2.75, 3.05) is 7.05 Å². The summed E-state index contributed by atoms with van der Waals surface area (Å²) in [6.45, 7) is 2.27. The van der Waals surface area contributed by atoms with Crippen LogP contribution in [0.4, 0.5) is 4.39 Å². The number of nitrogens with zero attached hydrogens (tertiary/aromatic N) is 3. The number of aryl methyl sites for hydroxylation is 1. The first-order valence-electron chi connectivity index (χ1n) is 9.22. The van der Waals surface area contributed by atoms with Crippen molar-refractivity contribution in [2.24, 2.45) is 0 Å². The second-order valence-corrected chi connectivity index (χ2v) is 7.08. The van der Waals surface area contributed by atoms with E-state index in [4.69, 9.17) is 0 Å². The third-order valence-electron chi connectivity index (χ3n) is 5.19. The summed E-state index contributed by atoms with van der Waals surface area (Å²) in [5.41, 5.74) is 5.27. The summed E-state index contributed by atoms with van der Waals surface area (Å²) < 4.78 is 15.9. The van der Waals surface area contributed by atoms with Crippen LogP contribution in [0.3, 0.4) is 0 Å². The van der Waals surface area contributed by atoms with Gasteiger partial charge in [0, 0.05) is 30.4 Å². The topological polar surface area (TPSA) is 38.1 Å². The predicted octanol–water partition coefficient (Wildman–Crippen LogP) is 4.08. The molecule has 1 aromatic heterocycles. The smallest absolute Gasteiger partial charge is 0.274 e. The summed E-state index contributed by atoms with van der Waals surface area (Å²) in [4.78, 5) is 14.6. The Morgan fingerprint density at radius 3 is 2.67 bits per heavy atom. The van der Waals surface area contributed by atoms with Crippen LogP contribution in [0.5, 0.6) is 0 Å². The van der Waals surface area contributed by atoms with E-state index in [1.807, 2.05) is 35.9 Å². The zero-order valence-corrected chi connectivity index (χ0v) is 15.6.